The van der Waals surface area contributed by atoms with Crippen molar-refractivity contribution in [2.45, 2.75) is 68.8 Å². The molecule has 3 aromatic rings. The number of methoxy groups -OCH3 is 1. The molecule has 0 bridgehead atoms. The van der Waals surface area contributed by atoms with Crippen molar-refractivity contribution in [3.8, 4) is 5.75 Å². The molecule has 1 fully saturated rings. The smallest absolute Gasteiger partial charge is 0.264 e. The quantitative estimate of drug-likeness (QED) is 0.257. The van der Waals surface area contributed by atoms with Gasteiger partial charge in [-0.15, -0.1) is 0 Å². The minimum absolute atomic E-state index is 0.0164. The number of hydrogen-bond acceptors (Lipinski definition) is 5. The number of ether oxygens (including phenoxy) is 1. The number of amides is 2. The highest BCUT2D eigenvalue weighted by molar-refractivity contribution is 7.92. The van der Waals surface area contributed by atoms with Gasteiger partial charge in [-0.05, 0) is 61.6 Å². The molecule has 8 nitrogen and oxygen atoms in total. The van der Waals surface area contributed by atoms with Gasteiger partial charge in [0.05, 0.1) is 17.7 Å². The van der Waals surface area contributed by atoms with Gasteiger partial charge in [0.15, 0.2) is 0 Å². The van der Waals surface area contributed by atoms with E-state index in [2.05, 4.69) is 5.32 Å². The largest absolute Gasteiger partial charge is 0.495 e. The normalized spacial score (nSPS) is 14.5. The number of carbonyl (C=O) groups excluding carboxylic acids is 2. The Labute approximate surface area is 260 Å². The van der Waals surface area contributed by atoms with Gasteiger partial charge in [-0.1, -0.05) is 86.3 Å². The molecule has 0 radical (unpaired) electrons. The summed E-state index contributed by atoms with van der Waals surface area (Å²) in [6.07, 6.45) is 5.99. The zero-order chi connectivity index (χ0) is 30.8. The first-order valence-corrected chi connectivity index (χ1v) is 16.6. The maximum atomic E-state index is 14.3. The number of nitrogens with zero attached hydrogens (tertiary/aromatic N) is 2. The molecule has 0 saturated heterocycles. The molecule has 1 N–H and O–H groups in total. The van der Waals surface area contributed by atoms with E-state index in [1.54, 1.807) is 30.3 Å². The van der Waals surface area contributed by atoms with E-state index in [9.17, 15) is 18.0 Å². The molecule has 0 spiro atoms. The van der Waals surface area contributed by atoms with Gasteiger partial charge in [0.2, 0.25) is 11.8 Å². The fourth-order valence-electron chi connectivity index (χ4n) is 5.53. The van der Waals surface area contributed by atoms with E-state index >= 15 is 0 Å². The lowest BCUT2D eigenvalue weighted by Gasteiger charge is -2.34. The van der Waals surface area contributed by atoms with Crippen molar-refractivity contribution in [1.82, 2.24) is 10.2 Å². The summed E-state index contributed by atoms with van der Waals surface area (Å²) in [4.78, 5) is 29.5. The van der Waals surface area contributed by atoms with Crippen molar-refractivity contribution >= 4 is 39.1 Å². The molecule has 3 aromatic carbocycles. The van der Waals surface area contributed by atoms with Gasteiger partial charge in [-0.2, -0.15) is 0 Å². The average molecular weight is 626 g/mol. The third kappa shape index (κ3) is 8.30. The lowest BCUT2D eigenvalue weighted by Crippen LogP contribution is -2.54. The Morgan fingerprint density at radius 1 is 0.977 bits per heavy atom. The summed E-state index contributed by atoms with van der Waals surface area (Å²) in [7, 11) is -2.80. The van der Waals surface area contributed by atoms with Crippen molar-refractivity contribution in [2.24, 2.45) is 0 Å². The van der Waals surface area contributed by atoms with Crippen LogP contribution < -0.4 is 14.4 Å². The molecule has 1 aliphatic carbocycles. The molecule has 43 heavy (non-hydrogen) atoms. The number of anilines is 1. The summed E-state index contributed by atoms with van der Waals surface area (Å²) in [6, 6.07) is 21.6. The van der Waals surface area contributed by atoms with Crippen LogP contribution in [0, 0.1) is 0 Å². The number of sulfonamides is 1. The van der Waals surface area contributed by atoms with Crippen LogP contribution in [0.1, 0.15) is 51.0 Å². The molecule has 4 rings (SSSR count). The summed E-state index contributed by atoms with van der Waals surface area (Å²) in [6.45, 7) is 1.56. The number of carbonyl (C=O) groups is 2. The maximum absolute atomic E-state index is 14.3. The van der Waals surface area contributed by atoms with E-state index in [1.165, 1.54) is 30.2 Å². The van der Waals surface area contributed by atoms with Crippen LogP contribution in [-0.4, -0.2) is 57.4 Å². The van der Waals surface area contributed by atoms with Crippen LogP contribution in [0.25, 0.3) is 0 Å². The lowest BCUT2D eigenvalue weighted by atomic mass is 9.95. The van der Waals surface area contributed by atoms with Gasteiger partial charge in [-0.25, -0.2) is 8.42 Å². The molecule has 1 saturated carbocycles. The van der Waals surface area contributed by atoms with E-state index in [0.29, 0.717) is 12.8 Å². The van der Waals surface area contributed by atoms with Crippen LogP contribution in [0.15, 0.2) is 83.8 Å². The Hall–Kier alpha value is -3.56. The number of nitrogens with one attached hydrogen (secondary N) is 1. The van der Waals surface area contributed by atoms with Crippen LogP contribution in [0.2, 0.25) is 5.02 Å². The standard InChI is InChI=1S/C33H40ClN3O5S/c1-3-29(33(39)35-27-15-9-5-10-16-27)36(22-21-25-13-7-4-8-14-25)32(38)24-37(30-23-26(34)19-20-31(30)42-2)43(40,41)28-17-11-6-12-18-28/h4,6-8,11-14,17-20,23,27,29H,3,5,9-10,15-16,21-22,24H2,1-2H3,(H,35,39). The SMILES string of the molecule is CCC(C(=O)NC1CCCCC1)N(CCc1ccccc1)C(=O)CN(c1cc(Cl)ccc1OC)S(=O)(=O)c1ccccc1. The molecule has 0 aromatic heterocycles. The van der Waals surface area contributed by atoms with E-state index in [1.807, 2.05) is 37.3 Å². The van der Waals surface area contributed by atoms with Crippen LogP contribution in [0.3, 0.4) is 0 Å². The van der Waals surface area contributed by atoms with E-state index in [0.717, 1.165) is 42.0 Å². The molecule has 1 unspecified atom stereocenters. The zero-order valence-electron chi connectivity index (χ0n) is 24.7. The highest BCUT2D eigenvalue weighted by Crippen LogP contribution is 2.35. The van der Waals surface area contributed by atoms with Crippen molar-refractivity contribution in [1.29, 1.82) is 0 Å². The minimum atomic E-state index is -4.23. The summed E-state index contributed by atoms with van der Waals surface area (Å²) in [5.74, 6) is -0.466. The molecular formula is C33H40ClN3O5S. The van der Waals surface area contributed by atoms with E-state index in [4.69, 9.17) is 16.3 Å². The summed E-state index contributed by atoms with van der Waals surface area (Å²) < 4.78 is 34.6. The van der Waals surface area contributed by atoms with E-state index < -0.39 is 28.5 Å². The number of hydrogen-bond donors (Lipinski definition) is 1. The molecule has 0 aliphatic heterocycles. The monoisotopic (exact) mass is 625 g/mol. The van der Waals surface area contributed by atoms with Gasteiger partial charge in [0, 0.05) is 17.6 Å². The molecule has 0 heterocycles. The van der Waals surface area contributed by atoms with Gasteiger partial charge in [0.25, 0.3) is 10.0 Å². The molecule has 10 heteroatoms. The highest BCUT2D eigenvalue weighted by atomic mass is 35.5. The lowest BCUT2D eigenvalue weighted by molar-refractivity contribution is -0.140. The molecule has 1 aliphatic rings. The van der Waals surface area contributed by atoms with Crippen molar-refractivity contribution < 1.29 is 22.7 Å². The fourth-order valence-corrected chi connectivity index (χ4v) is 7.14. The first-order chi connectivity index (χ1) is 20.7. The second kappa shape index (κ2) is 15.3. The van der Waals surface area contributed by atoms with Crippen LogP contribution in [0.5, 0.6) is 5.75 Å². The van der Waals surface area contributed by atoms with Gasteiger partial charge in [-0.3, -0.25) is 13.9 Å². The van der Waals surface area contributed by atoms with Gasteiger partial charge < -0.3 is 15.0 Å². The van der Waals surface area contributed by atoms with Gasteiger partial charge >= 0.3 is 0 Å². The number of rotatable bonds is 13. The van der Waals surface area contributed by atoms with Crippen LogP contribution in [0.4, 0.5) is 5.69 Å². The maximum Gasteiger partial charge on any atom is 0.264 e. The Kier molecular flexibility index (Phi) is 11.5. The average Bonchev–Trinajstić information content (AvgIpc) is 3.03. The minimum Gasteiger partial charge on any atom is -0.495 e. The molecule has 2 amide bonds. The third-order valence-corrected chi connectivity index (χ3v) is 9.85. The first-order valence-electron chi connectivity index (χ1n) is 14.8. The predicted molar refractivity (Wildman–Crippen MR) is 170 cm³/mol. The van der Waals surface area contributed by atoms with Crippen LogP contribution >= 0.6 is 11.6 Å². The zero-order valence-corrected chi connectivity index (χ0v) is 26.3. The number of benzene rings is 3. The van der Waals surface area contributed by atoms with Crippen molar-refractivity contribution in [3.05, 3.63) is 89.4 Å². The van der Waals surface area contributed by atoms with E-state index in [-0.39, 0.29) is 39.8 Å². The first kappa shape index (κ1) is 32.4. The summed E-state index contributed by atoms with van der Waals surface area (Å²) >= 11 is 6.31. The second-order valence-corrected chi connectivity index (χ2v) is 13.0. The second-order valence-electron chi connectivity index (χ2n) is 10.7. The Bertz CT molecular complexity index is 1460. The Balaban J connectivity index is 1.71. The highest BCUT2D eigenvalue weighted by Gasteiger charge is 2.35. The summed E-state index contributed by atoms with van der Waals surface area (Å²) in [5.41, 5.74) is 1.14. The van der Waals surface area contributed by atoms with Crippen LogP contribution in [-0.2, 0) is 26.0 Å². The number of halogens is 1. The Morgan fingerprint density at radius 3 is 2.26 bits per heavy atom. The molecule has 230 valence electrons. The fraction of sp³-hybridized carbons (Fsp3) is 0.394. The topological polar surface area (TPSA) is 96.0 Å². The molecule has 1 atom stereocenters. The predicted octanol–water partition coefficient (Wildman–Crippen LogP) is 5.84. The Morgan fingerprint density at radius 2 is 1.63 bits per heavy atom. The third-order valence-electron chi connectivity index (χ3n) is 7.84. The van der Waals surface area contributed by atoms with Crippen molar-refractivity contribution in [2.75, 3.05) is 24.5 Å². The van der Waals surface area contributed by atoms with Crippen molar-refractivity contribution in [3.63, 3.8) is 0 Å². The molecular weight excluding hydrogens is 586 g/mol. The van der Waals surface area contributed by atoms with Gasteiger partial charge in [0.1, 0.15) is 18.3 Å². The summed E-state index contributed by atoms with van der Waals surface area (Å²) in [5, 5.41) is 3.46.